The summed E-state index contributed by atoms with van der Waals surface area (Å²) in [6, 6.07) is 10.6. The first-order valence-corrected chi connectivity index (χ1v) is 12.0. The Bertz CT molecular complexity index is 1260. The predicted molar refractivity (Wildman–Crippen MR) is 129 cm³/mol. The maximum absolute atomic E-state index is 13.5. The number of nitrogens with one attached hydrogen (secondary N) is 1. The summed E-state index contributed by atoms with van der Waals surface area (Å²) >= 11 is 0. The number of aryl methyl sites for hydroxylation is 1. The van der Waals surface area contributed by atoms with E-state index in [1.54, 1.807) is 11.7 Å². The summed E-state index contributed by atoms with van der Waals surface area (Å²) in [4.78, 5) is 0. The van der Waals surface area contributed by atoms with Crippen molar-refractivity contribution in [1.29, 1.82) is 0 Å². The summed E-state index contributed by atoms with van der Waals surface area (Å²) in [5, 5.41) is 25.6. The normalized spacial score (nSPS) is 25.8. The number of aliphatic hydroxyl groups excluding tert-OH is 1. The minimum atomic E-state index is -5.01. The van der Waals surface area contributed by atoms with Crippen LogP contribution in [0.1, 0.15) is 59.4 Å². The van der Waals surface area contributed by atoms with Crippen LogP contribution >= 0.6 is 12.4 Å². The molecule has 0 spiro atoms. The van der Waals surface area contributed by atoms with Crippen molar-refractivity contribution in [3.63, 3.8) is 0 Å². The fraction of sp³-hybridized carbons (Fsp3) is 0.480. The van der Waals surface area contributed by atoms with E-state index in [1.165, 1.54) is 0 Å². The van der Waals surface area contributed by atoms with E-state index in [2.05, 4.69) is 20.8 Å². The Morgan fingerprint density at radius 1 is 1.05 bits per heavy atom. The summed E-state index contributed by atoms with van der Waals surface area (Å²) < 4.78 is 88.7. The minimum absolute atomic E-state index is 0. The number of halogens is 7. The zero-order chi connectivity index (χ0) is 27.3. The van der Waals surface area contributed by atoms with Gasteiger partial charge >= 0.3 is 12.4 Å². The molecule has 1 aromatic heterocycles. The number of hydrogen-bond acceptors (Lipinski definition) is 6. The highest BCUT2D eigenvalue weighted by Gasteiger charge is 2.56. The Kier molecular flexibility index (Phi) is 8.01. The molecule has 2 aliphatic rings. The molecular weight excluding hydrogens is 552 g/mol. The second-order valence-corrected chi connectivity index (χ2v) is 9.77. The zero-order valence-electron chi connectivity index (χ0n) is 20.6. The van der Waals surface area contributed by atoms with Crippen molar-refractivity contribution < 1.29 is 36.2 Å². The highest BCUT2D eigenvalue weighted by molar-refractivity contribution is 5.85. The molecule has 2 bridgehead atoms. The van der Waals surface area contributed by atoms with Gasteiger partial charge in [0.05, 0.1) is 29.4 Å². The molecular formula is C25H26ClF6N5O2. The van der Waals surface area contributed by atoms with E-state index in [0.717, 1.165) is 5.56 Å². The van der Waals surface area contributed by atoms with E-state index in [9.17, 15) is 31.4 Å². The highest BCUT2D eigenvalue weighted by Crippen LogP contribution is 2.51. The molecule has 39 heavy (non-hydrogen) atoms. The second-order valence-electron chi connectivity index (χ2n) is 9.77. The Labute approximate surface area is 226 Å². The van der Waals surface area contributed by atoms with Gasteiger partial charge in [-0.3, -0.25) is 0 Å². The molecule has 5 atom stereocenters. The Balaban J connectivity index is 0.00000353. The van der Waals surface area contributed by atoms with E-state index >= 15 is 0 Å². The van der Waals surface area contributed by atoms with Crippen molar-refractivity contribution in [1.82, 2.24) is 25.5 Å². The third kappa shape index (κ3) is 5.49. The average molecular weight is 578 g/mol. The molecule has 2 fully saturated rings. The second kappa shape index (κ2) is 10.7. The number of piperidine rings is 1. The number of aromatic nitrogens is 4. The van der Waals surface area contributed by atoms with Gasteiger partial charge in [-0.15, -0.1) is 17.5 Å². The summed E-state index contributed by atoms with van der Waals surface area (Å²) in [7, 11) is 1.73. The summed E-state index contributed by atoms with van der Waals surface area (Å²) in [5.74, 6) is 0.550. The van der Waals surface area contributed by atoms with Gasteiger partial charge in [-0.05, 0) is 59.0 Å². The quantitative estimate of drug-likeness (QED) is 0.405. The lowest BCUT2D eigenvalue weighted by Crippen LogP contribution is -2.55. The van der Waals surface area contributed by atoms with E-state index in [-0.39, 0.29) is 30.4 Å². The zero-order valence-corrected chi connectivity index (χ0v) is 21.4. The van der Waals surface area contributed by atoms with Crippen LogP contribution in [0.4, 0.5) is 26.3 Å². The summed E-state index contributed by atoms with van der Waals surface area (Å²) in [6.45, 7) is -0.806. The Morgan fingerprint density at radius 3 is 2.23 bits per heavy atom. The molecule has 7 nitrogen and oxygen atoms in total. The fourth-order valence-corrected chi connectivity index (χ4v) is 5.77. The number of aliphatic hydroxyl groups is 1. The molecule has 212 valence electrons. The molecule has 2 saturated heterocycles. The monoisotopic (exact) mass is 577 g/mol. The van der Waals surface area contributed by atoms with Crippen LogP contribution < -0.4 is 5.32 Å². The van der Waals surface area contributed by atoms with E-state index in [1.807, 2.05) is 30.3 Å². The molecule has 3 aromatic rings. The third-order valence-corrected chi connectivity index (χ3v) is 7.51. The number of tetrazole rings is 1. The highest BCUT2D eigenvalue weighted by atomic mass is 35.5. The maximum Gasteiger partial charge on any atom is 0.416 e. The summed E-state index contributed by atoms with van der Waals surface area (Å²) in [5.41, 5.74) is -3.29. The molecule has 0 aliphatic carbocycles. The molecule has 3 heterocycles. The van der Waals surface area contributed by atoms with Crippen LogP contribution in [0.2, 0.25) is 0 Å². The van der Waals surface area contributed by atoms with Crippen LogP contribution in [0.15, 0.2) is 48.5 Å². The topological polar surface area (TPSA) is 85.1 Å². The lowest BCUT2D eigenvalue weighted by Gasteiger charge is -2.43. The van der Waals surface area contributed by atoms with Crippen molar-refractivity contribution >= 4 is 12.4 Å². The first-order valence-electron chi connectivity index (χ1n) is 12.0. The van der Waals surface area contributed by atoms with Crippen LogP contribution in [0, 0.1) is 0 Å². The van der Waals surface area contributed by atoms with Gasteiger partial charge in [0.15, 0.2) is 5.82 Å². The van der Waals surface area contributed by atoms with E-state index < -0.39 is 53.4 Å². The van der Waals surface area contributed by atoms with E-state index in [0.29, 0.717) is 37.2 Å². The number of rotatable bonds is 6. The van der Waals surface area contributed by atoms with Crippen LogP contribution in [-0.2, 0) is 29.7 Å². The van der Waals surface area contributed by atoms with E-state index in [4.69, 9.17) is 4.74 Å². The van der Waals surface area contributed by atoms with Crippen molar-refractivity contribution in [2.75, 3.05) is 6.61 Å². The molecule has 0 saturated carbocycles. The van der Waals surface area contributed by atoms with Crippen molar-refractivity contribution in [2.45, 2.75) is 61.3 Å². The SMILES string of the molecule is Cl.Cn1nnnc1C1CC2(c3ccccc3)NC1CCC2OC(CO)c1cc(C(F)(F)F)cc(C(F)(F)F)c1. The molecule has 2 N–H and O–H groups in total. The first kappa shape index (κ1) is 29.2. The van der Waals surface area contributed by atoms with Gasteiger partial charge in [-0.25, -0.2) is 4.68 Å². The van der Waals surface area contributed by atoms with Crippen molar-refractivity contribution in [2.24, 2.45) is 7.05 Å². The van der Waals surface area contributed by atoms with Gasteiger partial charge in [0.1, 0.15) is 6.10 Å². The average Bonchev–Trinajstić information content (AvgIpc) is 3.44. The standard InChI is InChI=1S/C25H25F6N5O2.ClH/c1-36-22(33-34-35-36)18-12-23(15-5-3-2-4-6-15)21(8-7-19(18)32-23)38-20(13-37)14-9-16(24(26,27)28)11-17(10-14)25(29,30)31;/h2-6,9-11,18-21,32,37H,7-8,12-13H2,1H3;1H. The maximum atomic E-state index is 13.5. The van der Waals surface area contributed by atoms with Crippen LogP contribution in [0.5, 0.6) is 0 Å². The molecule has 5 rings (SSSR count). The number of fused-ring (bicyclic) bond motifs is 2. The largest absolute Gasteiger partial charge is 0.416 e. The number of alkyl halides is 6. The van der Waals surface area contributed by atoms with Gasteiger partial charge in [0.2, 0.25) is 0 Å². The van der Waals surface area contributed by atoms with Gasteiger partial charge in [-0.1, -0.05) is 30.3 Å². The molecule has 0 amide bonds. The molecule has 5 unspecified atom stereocenters. The molecule has 14 heteroatoms. The van der Waals surface area contributed by atoms with Gasteiger partial charge in [0, 0.05) is 19.0 Å². The van der Waals surface area contributed by atoms with Crippen molar-refractivity contribution in [3.05, 3.63) is 76.6 Å². The fourth-order valence-electron chi connectivity index (χ4n) is 5.77. The molecule has 2 aromatic carbocycles. The van der Waals surface area contributed by atoms with Crippen LogP contribution in [0.25, 0.3) is 0 Å². The first-order chi connectivity index (χ1) is 17.9. The Morgan fingerprint density at radius 2 is 1.69 bits per heavy atom. The van der Waals surface area contributed by atoms with Gasteiger partial charge in [-0.2, -0.15) is 26.3 Å². The van der Waals surface area contributed by atoms with Crippen molar-refractivity contribution in [3.8, 4) is 0 Å². The number of benzene rings is 2. The minimum Gasteiger partial charge on any atom is -0.393 e. The third-order valence-electron chi connectivity index (χ3n) is 7.51. The summed E-state index contributed by atoms with van der Waals surface area (Å²) in [6.07, 6.45) is -10.6. The lowest BCUT2D eigenvalue weighted by atomic mass is 9.79. The van der Waals surface area contributed by atoms with Gasteiger partial charge < -0.3 is 15.2 Å². The number of hydrogen-bond donors (Lipinski definition) is 2. The lowest BCUT2D eigenvalue weighted by molar-refractivity contribution is -0.143. The molecule has 0 radical (unpaired) electrons. The van der Waals surface area contributed by atoms with Crippen LogP contribution in [0.3, 0.4) is 0 Å². The number of ether oxygens (including phenoxy) is 1. The van der Waals surface area contributed by atoms with Gasteiger partial charge in [0.25, 0.3) is 0 Å². The predicted octanol–water partition coefficient (Wildman–Crippen LogP) is 4.92. The Hall–Kier alpha value is -2.74. The smallest absolute Gasteiger partial charge is 0.393 e. The van der Waals surface area contributed by atoms with Crippen LogP contribution in [-0.4, -0.2) is 44.1 Å². The molecule has 2 aliphatic heterocycles. The number of nitrogens with zero attached hydrogens (tertiary/aromatic N) is 4.